The van der Waals surface area contributed by atoms with Crippen molar-refractivity contribution in [3.05, 3.63) is 56.2 Å². The second-order valence-electron chi connectivity index (χ2n) is 4.32. The Labute approximate surface area is 123 Å². The molecular weight excluding hydrogens is 324 g/mol. The minimum absolute atomic E-state index is 0.184. The van der Waals surface area contributed by atoms with Crippen LogP contribution in [0.5, 0.6) is 0 Å². The van der Waals surface area contributed by atoms with Crippen LogP contribution in [0.3, 0.4) is 0 Å². The maximum absolute atomic E-state index is 12.0. The number of hydrogen-bond acceptors (Lipinski definition) is 4. The topological polar surface area (TPSA) is 104 Å². The van der Waals surface area contributed by atoms with Crippen molar-refractivity contribution in [2.24, 2.45) is 5.73 Å². The van der Waals surface area contributed by atoms with E-state index in [0.717, 1.165) is 5.56 Å². The van der Waals surface area contributed by atoms with E-state index in [1.165, 1.54) is 16.8 Å². The van der Waals surface area contributed by atoms with E-state index in [1.807, 2.05) is 0 Å². The monoisotopic (exact) mass is 336 g/mol. The molecule has 1 heterocycles. The Morgan fingerprint density at radius 1 is 1.45 bits per heavy atom. The molecule has 1 amide bonds. The Balaban J connectivity index is 2.43. The number of aryl methyl sites for hydroxylation is 1. The second-order valence-corrected chi connectivity index (χ2v) is 5.18. The first-order valence-corrected chi connectivity index (χ1v) is 6.59. The molecule has 20 heavy (non-hydrogen) atoms. The lowest BCUT2D eigenvalue weighted by molar-refractivity contribution is 0.100. The van der Waals surface area contributed by atoms with Crippen LogP contribution in [0.4, 0.5) is 5.69 Å². The van der Waals surface area contributed by atoms with Crippen LogP contribution in [0.15, 0.2) is 33.7 Å². The van der Waals surface area contributed by atoms with E-state index in [2.05, 4.69) is 20.9 Å². The van der Waals surface area contributed by atoms with Gasteiger partial charge in [-0.1, -0.05) is 6.07 Å². The zero-order valence-corrected chi connectivity index (χ0v) is 12.3. The lowest BCUT2D eigenvalue weighted by Gasteiger charge is -2.12. The maximum Gasteiger partial charge on any atom is 0.268 e. The molecule has 0 aliphatic carbocycles. The smallest absolute Gasteiger partial charge is 0.268 e. The number of carbonyl (C=O) groups is 1. The van der Waals surface area contributed by atoms with Crippen LogP contribution in [0, 0.1) is 6.92 Å². The Hall–Kier alpha value is -2.15. The summed E-state index contributed by atoms with van der Waals surface area (Å²) in [7, 11) is 0. The molecule has 2 aromatic rings. The summed E-state index contributed by atoms with van der Waals surface area (Å²) in [5.41, 5.74) is 12.4. The summed E-state index contributed by atoms with van der Waals surface area (Å²) in [5.74, 6) is 0.0392. The van der Waals surface area contributed by atoms with Crippen LogP contribution < -0.4 is 17.0 Å². The van der Waals surface area contributed by atoms with E-state index in [4.69, 9.17) is 11.5 Å². The normalized spacial score (nSPS) is 10.5. The fraction of sp³-hybridized carbons (Fsp3) is 0.154. The Morgan fingerprint density at radius 2 is 2.15 bits per heavy atom. The standard InChI is InChI=1S/C13H13BrN4O2/c1-7-17-5-10(14)13(20)18(7)6-9-3-2-8(12(16)19)4-11(9)15/h2-5H,6,15H2,1H3,(H2,16,19). The molecule has 0 bridgehead atoms. The van der Waals surface area contributed by atoms with Crippen molar-refractivity contribution in [2.75, 3.05) is 5.73 Å². The molecule has 0 saturated heterocycles. The van der Waals surface area contributed by atoms with Gasteiger partial charge in [-0.3, -0.25) is 14.2 Å². The van der Waals surface area contributed by atoms with Crippen LogP contribution in [0.25, 0.3) is 0 Å². The van der Waals surface area contributed by atoms with Gasteiger partial charge in [0, 0.05) is 17.4 Å². The highest BCUT2D eigenvalue weighted by molar-refractivity contribution is 9.10. The van der Waals surface area contributed by atoms with Crippen molar-refractivity contribution in [1.29, 1.82) is 0 Å². The van der Waals surface area contributed by atoms with E-state index >= 15 is 0 Å². The van der Waals surface area contributed by atoms with Gasteiger partial charge in [0.1, 0.15) is 10.3 Å². The van der Waals surface area contributed by atoms with Crippen molar-refractivity contribution < 1.29 is 4.79 Å². The van der Waals surface area contributed by atoms with Gasteiger partial charge < -0.3 is 11.5 Å². The number of anilines is 1. The molecule has 0 unspecified atom stereocenters. The van der Waals surface area contributed by atoms with Crippen LogP contribution in [-0.4, -0.2) is 15.5 Å². The number of carbonyl (C=O) groups excluding carboxylic acids is 1. The number of nitrogens with zero attached hydrogens (tertiary/aromatic N) is 2. The van der Waals surface area contributed by atoms with Crippen molar-refractivity contribution in [2.45, 2.75) is 13.5 Å². The zero-order valence-electron chi connectivity index (χ0n) is 10.8. The van der Waals surface area contributed by atoms with Gasteiger partial charge in [-0.05, 0) is 40.5 Å². The van der Waals surface area contributed by atoms with Crippen molar-refractivity contribution in [3.8, 4) is 0 Å². The number of amides is 1. The van der Waals surface area contributed by atoms with Gasteiger partial charge in [-0.25, -0.2) is 4.98 Å². The number of aromatic nitrogens is 2. The largest absolute Gasteiger partial charge is 0.398 e. The maximum atomic E-state index is 12.0. The fourth-order valence-corrected chi connectivity index (χ4v) is 2.12. The Bertz CT molecular complexity index is 740. The minimum atomic E-state index is -0.541. The minimum Gasteiger partial charge on any atom is -0.398 e. The number of nitrogens with two attached hydrogens (primary N) is 2. The van der Waals surface area contributed by atoms with Crippen LogP contribution in [-0.2, 0) is 6.54 Å². The molecule has 0 saturated carbocycles. The molecule has 0 fully saturated rings. The van der Waals surface area contributed by atoms with Gasteiger partial charge in [-0.15, -0.1) is 0 Å². The summed E-state index contributed by atoms with van der Waals surface area (Å²) < 4.78 is 1.88. The number of hydrogen-bond donors (Lipinski definition) is 2. The summed E-state index contributed by atoms with van der Waals surface area (Å²) in [6.45, 7) is 2.02. The highest BCUT2D eigenvalue weighted by Crippen LogP contribution is 2.16. The summed E-state index contributed by atoms with van der Waals surface area (Å²) in [5, 5.41) is 0. The first kappa shape index (κ1) is 14.3. The zero-order chi connectivity index (χ0) is 14.9. The Morgan fingerprint density at radius 3 is 2.75 bits per heavy atom. The quantitative estimate of drug-likeness (QED) is 0.817. The molecule has 4 N–H and O–H groups in total. The van der Waals surface area contributed by atoms with Crippen LogP contribution in [0.1, 0.15) is 21.7 Å². The molecule has 1 aromatic heterocycles. The highest BCUT2D eigenvalue weighted by Gasteiger charge is 2.09. The average Bonchev–Trinajstić information content (AvgIpc) is 2.40. The molecule has 0 aliphatic rings. The van der Waals surface area contributed by atoms with Crippen molar-refractivity contribution >= 4 is 27.5 Å². The third-order valence-electron chi connectivity index (χ3n) is 2.96. The number of benzene rings is 1. The molecule has 0 spiro atoms. The highest BCUT2D eigenvalue weighted by atomic mass is 79.9. The van der Waals surface area contributed by atoms with Gasteiger partial charge >= 0.3 is 0 Å². The van der Waals surface area contributed by atoms with Crippen molar-refractivity contribution in [3.63, 3.8) is 0 Å². The van der Waals surface area contributed by atoms with Crippen LogP contribution >= 0.6 is 15.9 Å². The molecule has 0 radical (unpaired) electrons. The van der Waals surface area contributed by atoms with E-state index in [-0.39, 0.29) is 12.1 Å². The molecule has 2 rings (SSSR count). The van der Waals surface area contributed by atoms with Crippen LogP contribution in [0.2, 0.25) is 0 Å². The van der Waals surface area contributed by atoms with Gasteiger partial charge in [-0.2, -0.15) is 0 Å². The number of primary amides is 1. The first-order valence-electron chi connectivity index (χ1n) is 5.80. The van der Waals surface area contributed by atoms with E-state index in [1.54, 1.807) is 19.1 Å². The number of halogens is 1. The third-order valence-corrected chi connectivity index (χ3v) is 3.51. The van der Waals surface area contributed by atoms with Crippen molar-refractivity contribution in [1.82, 2.24) is 9.55 Å². The average molecular weight is 337 g/mol. The molecular formula is C13H13BrN4O2. The summed E-state index contributed by atoms with van der Waals surface area (Å²) in [4.78, 5) is 27.2. The van der Waals surface area contributed by atoms with E-state index in [9.17, 15) is 9.59 Å². The molecule has 104 valence electrons. The molecule has 0 aliphatic heterocycles. The Kier molecular flexibility index (Phi) is 3.89. The summed E-state index contributed by atoms with van der Waals surface area (Å²) >= 11 is 3.15. The SMILES string of the molecule is Cc1ncc(Br)c(=O)n1Cc1ccc(C(N)=O)cc1N. The summed E-state index contributed by atoms with van der Waals surface area (Å²) in [6, 6.07) is 4.77. The molecule has 0 atom stereocenters. The first-order chi connectivity index (χ1) is 9.40. The van der Waals surface area contributed by atoms with Gasteiger partial charge in [0.2, 0.25) is 5.91 Å². The van der Waals surface area contributed by atoms with E-state index < -0.39 is 5.91 Å². The molecule has 7 heteroatoms. The predicted octanol–water partition coefficient (Wildman–Crippen LogP) is 1.04. The number of nitrogen functional groups attached to an aromatic ring is 1. The third kappa shape index (κ3) is 2.72. The predicted molar refractivity (Wildman–Crippen MR) is 79.4 cm³/mol. The van der Waals surface area contributed by atoms with Gasteiger partial charge in [0.15, 0.2) is 0 Å². The second kappa shape index (κ2) is 5.46. The fourth-order valence-electron chi connectivity index (χ4n) is 1.80. The van der Waals surface area contributed by atoms with Gasteiger partial charge in [0.25, 0.3) is 5.56 Å². The number of rotatable bonds is 3. The lowest BCUT2D eigenvalue weighted by atomic mass is 10.1. The molecule has 1 aromatic carbocycles. The van der Waals surface area contributed by atoms with E-state index in [0.29, 0.717) is 21.5 Å². The molecule has 6 nitrogen and oxygen atoms in total. The lowest BCUT2D eigenvalue weighted by Crippen LogP contribution is -2.25. The summed E-state index contributed by atoms with van der Waals surface area (Å²) in [6.07, 6.45) is 1.47. The van der Waals surface area contributed by atoms with Gasteiger partial charge in [0.05, 0.1) is 6.54 Å².